The molecular weight excluding hydrogens is 423 g/mol. The number of aliphatic hydroxyl groups is 1. The summed E-state index contributed by atoms with van der Waals surface area (Å²) >= 11 is 0. The van der Waals surface area contributed by atoms with Crippen LogP contribution >= 0.6 is 0 Å². The summed E-state index contributed by atoms with van der Waals surface area (Å²) in [5, 5.41) is 10.7. The lowest BCUT2D eigenvalue weighted by atomic mass is 9.84. The topological polar surface area (TPSA) is 178 Å². The van der Waals surface area contributed by atoms with Gasteiger partial charge >= 0.3 is 5.97 Å². The average molecular weight is 457 g/mol. The summed E-state index contributed by atoms with van der Waals surface area (Å²) in [4.78, 5) is 11.4. The number of alkyl halides is 1. The van der Waals surface area contributed by atoms with E-state index in [0.717, 1.165) is 5.56 Å². The van der Waals surface area contributed by atoms with E-state index in [1.165, 1.54) is 6.92 Å². The minimum atomic E-state index is -1.64. The maximum atomic E-state index is 15.2. The molecule has 1 aliphatic heterocycles. The molecule has 2 aliphatic rings. The number of carbonyl (C=O) groups is 1. The van der Waals surface area contributed by atoms with Gasteiger partial charge in [-0.3, -0.25) is 4.79 Å². The van der Waals surface area contributed by atoms with E-state index in [2.05, 4.69) is 0 Å². The van der Waals surface area contributed by atoms with Crippen LogP contribution in [0.15, 0.2) is 30.3 Å². The highest BCUT2D eigenvalue weighted by molar-refractivity contribution is 5.66. The molecule has 32 heavy (non-hydrogen) atoms. The van der Waals surface area contributed by atoms with E-state index in [-0.39, 0.29) is 19.6 Å². The van der Waals surface area contributed by atoms with Crippen LogP contribution in [0.25, 0.3) is 0 Å². The molecule has 0 bridgehead atoms. The highest BCUT2D eigenvalue weighted by atomic mass is 19.1. The molecule has 1 aliphatic carbocycles. The number of ether oxygens (including phenoxy) is 4. The van der Waals surface area contributed by atoms with Gasteiger partial charge in [0.05, 0.1) is 12.6 Å². The maximum Gasteiger partial charge on any atom is 0.303 e. The fraction of sp³-hybridized carbons (Fsp3) is 0.667. The first-order chi connectivity index (χ1) is 15.2. The Labute approximate surface area is 186 Å². The molecule has 0 amide bonds. The number of hydrogen-bond donors (Lipinski definition) is 5. The molecule has 180 valence electrons. The van der Waals surface area contributed by atoms with Crippen molar-refractivity contribution in [2.45, 2.75) is 81.1 Å². The number of nitrogens with two attached hydrogens (primary N) is 4. The van der Waals surface area contributed by atoms with Crippen LogP contribution in [0, 0.1) is 0 Å². The number of halogens is 1. The van der Waals surface area contributed by atoms with Crippen LogP contribution in [-0.4, -0.2) is 78.7 Å². The van der Waals surface area contributed by atoms with Crippen LogP contribution in [0.2, 0.25) is 0 Å². The lowest BCUT2D eigenvalue weighted by Crippen LogP contribution is -2.67. The predicted octanol–water partition coefficient (Wildman–Crippen LogP) is -1.34. The molecule has 1 saturated carbocycles. The molecule has 9 N–H and O–H groups in total. The summed E-state index contributed by atoms with van der Waals surface area (Å²) in [6.07, 6.45) is -7.90. The molecule has 1 heterocycles. The van der Waals surface area contributed by atoms with Gasteiger partial charge in [0, 0.05) is 25.6 Å². The predicted molar refractivity (Wildman–Crippen MR) is 113 cm³/mol. The van der Waals surface area contributed by atoms with Crippen LogP contribution in [0.3, 0.4) is 0 Å². The zero-order valence-corrected chi connectivity index (χ0v) is 18.0. The third-order valence-electron chi connectivity index (χ3n) is 5.84. The van der Waals surface area contributed by atoms with E-state index >= 15 is 4.39 Å². The molecule has 11 heteroatoms. The van der Waals surface area contributed by atoms with Crippen LogP contribution in [0.1, 0.15) is 18.9 Å². The Kier molecular flexibility index (Phi) is 8.53. The van der Waals surface area contributed by atoms with Crippen LogP contribution < -0.4 is 22.9 Å². The van der Waals surface area contributed by atoms with Crippen molar-refractivity contribution in [3.63, 3.8) is 0 Å². The van der Waals surface area contributed by atoms with E-state index in [0.29, 0.717) is 0 Å². The fourth-order valence-corrected chi connectivity index (χ4v) is 4.15. The Balaban J connectivity index is 1.67. The van der Waals surface area contributed by atoms with Crippen molar-refractivity contribution < 1.29 is 33.2 Å². The van der Waals surface area contributed by atoms with Crippen molar-refractivity contribution in [3.8, 4) is 0 Å². The summed E-state index contributed by atoms with van der Waals surface area (Å²) in [6.45, 7) is 1.34. The maximum absolute atomic E-state index is 15.2. The summed E-state index contributed by atoms with van der Waals surface area (Å²) in [7, 11) is 0. The molecule has 10 atom stereocenters. The molecule has 0 aromatic heterocycles. The third-order valence-corrected chi connectivity index (χ3v) is 5.84. The van der Waals surface area contributed by atoms with Gasteiger partial charge < -0.3 is 47.0 Å². The monoisotopic (exact) mass is 456 g/mol. The van der Waals surface area contributed by atoms with Gasteiger partial charge in [-0.15, -0.1) is 0 Å². The van der Waals surface area contributed by atoms with Gasteiger partial charge in [0.2, 0.25) is 0 Å². The van der Waals surface area contributed by atoms with Gasteiger partial charge in [-0.05, 0) is 12.0 Å². The molecule has 0 radical (unpaired) electrons. The second-order valence-corrected chi connectivity index (χ2v) is 8.29. The van der Waals surface area contributed by atoms with Crippen molar-refractivity contribution in [1.82, 2.24) is 0 Å². The number of hydrogen-bond acceptors (Lipinski definition) is 10. The molecule has 10 unspecified atom stereocenters. The van der Waals surface area contributed by atoms with E-state index in [1.807, 2.05) is 30.3 Å². The van der Waals surface area contributed by atoms with Gasteiger partial charge in [-0.1, -0.05) is 30.3 Å². The molecule has 2 fully saturated rings. The standard InChI is InChI=1S/C21H33FN4O6/c1-10(27)30-18-12(24)7-13(25)19(17(18)28)32-21-16(26)15(22)20(14(8-23)31-21)29-9-11-5-3-2-4-6-11/h2-6,12-21,28H,7-9,23-26H2,1H3. The number of carbonyl (C=O) groups excluding carboxylic acids is 1. The average Bonchev–Trinajstić information content (AvgIpc) is 2.76. The third kappa shape index (κ3) is 5.61. The zero-order chi connectivity index (χ0) is 23.4. The van der Waals surface area contributed by atoms with Crippen molar-refractivity contribution in [2.24, 2.45) is 22.9 Å². The van der Waals surface area contributed by atoms with Crippen molar-refractivity contribution >= 4 is 5.97 Å². The molecule has 3 rings (SSSR count). The highest BCUT2D eigenvalue weighted by Crippen LogP contribution is 2.30. The summed E-state index contributed by atoms with van der Waals surface area (Å²) in [5.74, 6) is -0.602. The fourth-order valence-electron chi connectivity index (χ4n) is 4.15. The highest BCUT2D eigenvalue weighted by Gasteiger charge is 2.50. The van der Waals surface area contributed by atoms with Gasteiger partial charge in [0.25, 0.3) is 0 Å². The molecule has 1 aromatic carbocycles. The van der Waals surface area contributed by atoms with Crippen molar-refractivity contribution in [3.05, 3.63) is 35.9 Å². The number of esters is 1. The molecule has 10 nitrogen and oxygen atoms in total. The zero-order valence-electron chi connectivity index (χ0n) is 18.0. The van der Waals surface area contributed by atoms with Crippen LogP contribution in [0.5, 0.6) is 0 Å². The Morgan fingerprint density at radius 2 is 1.81 bits per heavy atom. The first-order valence-electron chi connectivity index (χ1n) is 10.7. The molecular formula is C21H33FN4O6. The number of rotatable bonds is 7. The Morgan fingerprint density at radius 3 is 2.44 bits per heavy atom. The second-order valence-electron chi connectivity index (χ2n) is 8.29. The lowest BCUT2D eigenvalue weighted by molar-refractivity contribution is -0.287. The first kappa shape index (κ1) is 24.9. The number of benzene rings is 1. The summed E-state index contributed by atoms with van der Waals surface area (Å²) in [6, 6.07) is 6.69. The van der Waals surface area contributed by atoms with Gasteiger partial charge in [0.15, 0.2) is 6.29 Å². The quantitative estimate of drug-likeness (QED) is 0.308. The number of aliphatic hydroxyl groups excluding tert-OH is 1. The molecule has 1 aromatic rings. The van der Waals surface area contributed by atoms with E-state index in [4.69, 9.17) is 41.9 Å². The van der Waals surface area contributed by atoms with Gasteiger partial charge in [-0.2, -0.15) is 0 Å². The van der Waals surface area contributed by atoms with Crippen molar-refractivity contribution in [2.75, 3.05) is 6.54 Å². The van der Waals surface area contributed by atoms with E-state index in [9.17, 15) is 9.90 Å². The first-order valence-corrected chi connectivity index (χ1v) is 10.7. The molecule has 1 saturated heterocycles. The summed E-state index contributed by atoms with van der Waals surface area (Å²) in [5.41, 5.74) is 24.8. The Bertz CT molecular complexity index is 744. The van der Waals surface area contributed by atoms with Crippen LogP contribution in [-0.2, 0) is 30.3 Å². The second kappa shape index (κ2) is 10.9. The van der Waals surface area contributed by atoms with E-state index < -0.39 is 67.1 Å². The summed E-state index contributed by atoms with van der Waals surface area (Å²) < 4.78 is 37.8. The largest absolute Gasteiger partial charge is 0.458 e. The minimum Gasteiger partial charge on any atom is -0.458 e. The SMILES string of the molecule is CC(=O)OC1C(N)CC(N)C(OC2OC(CN)C(OCc3ccccc3)C(F)C2N)C1O. The van der Waals surface area contributed by atoms with E-state index in [1.54, 1.807) is 0 Å². The minimum absolute atomic E-state index is 0.0350. The molecule has 0 spiro atoms. The van der Waals surface area contributed by atoms with Gasteiger partial charge in [0.1, 0.15) is 36.7 Å². The van der Waals surface area contributed by atoms with Crippen molar-refractivity contribution in [1.29, 1.82) is 0 Å². The Morgan fingerprint density at radius 1 is 1.16 bits per heavy atom. The lowest BCUT2D eigenvalue weighted by Gasteiger charge is -2.46. The van der Waals surface area contributed by atoms with Gasteiger partial charge in [-0.25, -0.2) is 4.39 Å². The normalized spacial score (nSPS) is 40.1. The Hall–Kier alpha value is -1.70. The smallest absolute Gasteiger partial charge is 0.303 e. The van der Waals surface area contributed by atoms with Crippen LogP contribution in [0.4, 0.5) is 4.39 Å².